The topological polar surface area (TPSA) is 135 Å². The van der Waals surface area contributed by atoms with E-state index in [1.54, 1.807) is 24.4 Å². The summed E-state index contributed by atoms with van der Waals surface area (Å²) in [5.74, 6) is -1.82. The average Bonchev–Trinajstić information content (AvgIpc) is 3.20. The Morgan fingerprint density at radius 1 is 1.13 bits per heavy atom. The van der Waals surface area contributed by atoms with Crippen LogP contribution in [0.15, 0.2) is 64.4 Å². The highest BCUT2D eigenvalue weighted by atomic mass is 32.2. The fourth-order valence-electron chi connectivity index (χ4n) is 2.78. The van der Waals surface area contributed by atoms with Crippen molar-refractivity contribution in [2.75, 3.05) is 4.72 Å². The second-order valence-corrected chi connectivity index (χ2v) is 7.89. The Balaban J connectivity index is 0.000000461. The number of sulfonamides is 1. The first kappa shape index (κ1) is 21.1. The summed E-state index contributed by atoms with van der Waals surface area (Å²) >= 11 is 0. The van der Waals surface area contributed by atoms with Gasteiger partial charge < -0.3 is 19.9 Å². The average molecular weight is 430 g/mol. The molecular weight excluding hydrogens is 413 g/mol. The maximum Gasteiger partial charge on any atom is 0.272 e. The molecule has 0 amide bonds. The number of H-pyrrole nitrogens is 2. The van der Waals surface area contributed by atoms with Gasteiger partial charge in [0.15, 0.2) is 0 Å². The molecule has 0 saturated carbocycles. The van der Waals surface area contributed by atoms with Crippen LogP contribution in [0.25, 0.3) is 21.8 Å². The van der Waals surface area contributed by atoms with Gasteiger partial charge in [-0.05, 0) is 42.8 Å². The van der Waals surface area contributed by atoms with Crippen LogP contribution in [0.2, 0.25) is 0 Å². The van der Waals surface area contributed by atoms with E-state index in [2.05, 4.69) is 14.7 Å². The normalized spacial score (nSPS) is 11.1. The van der Waals surface area contributed by atoms with Gasteiger partial charge in [-0.15, -0.1) is 0 Å². The molecule has 2 aromatic heterocycles. The lowest BCUT2D eigenvalue weighted by molar-refractivity contribution is -0.305. The Labute approximate surface area is 170 Å². The van der Waals surface area contributed by atoms with E-state index in [9.17, 15) is 27.5 Å². The molecule has 0 aliphatic carbocycles. The number of halogens is 1. The van der Waals surface area contributed by atoms with Gasteiger partial charge in [-0.3, -0.25) is 9.52 Å². The van der Waals surface area contributed by atoms with Crippen molar-refractivity contribution in [1.29, 1.82) is 0 Å². The number of pyridine rings is 1. The molecular formula is C20H17FN3O5S-. The molecule has 0 fully saturated rings. The highest BCUT2D eigenvalue weighted by molar-refractivity contribution is 7.92. The maximum atomic E-state index is 13.8. The fourth-order valence-corrected chi connectivity index (χ4v) is 3.91. The zero-order valence-corrected chi connectivity index (χ0v) is 16.5. The summed E-state index contributed by atoms with van der Waals surface area (Å²) in [5, 5.41) is 10.6. The number of rotatable bonds is 4. The summed E-state index contributed by atoms with van der Waals surface area (Å²) in [7, 11) is -4.07. The number of carbonyl (C=O) groups is 1. The number of benzene rings is 2. The highest BCUT2D eigenvalue weighted by Crippen LogP contribution is 2.25. The number of aromatic amines is 2. The molecule has 0 radical (unpaired) electrons. The third-order valence-corrected chi connectivity index (χ3v) is 5.61. The van der Waals surface area contributed by atoms with Crippen LogP contribution in [0, 0.1) is 5.82 Å². The molecule has 2 aromatic carbocycles. The SMILES string of the molecule is CCC(=O)[O-].O=c1[nH]c2ccc(NS(=O)(=O)c3ccccc3F)cc2c2cc[nH]c12. The first-order valence-electron chi connectivity index (χ1n) is 8.83. The number of hydrogen-bond acceptors (Lipinski definition) is 5. The number of carboxylic acids is 1. The molecule has 4 rings (SSSR count). The van der Waals surface area contributed by atoms with E-state index in [0.29, 0.717) is 21.8 Å². The number of anilines is 1. The van der Waals surface area contributed by atoms with Crippen LogP contribution < -0.4 is 15.4 Å². The molecule has 2 heterocycles. The van der Waals surface area contributed by atoms with Crippen LogP contribution in [0.4, 0.5) is 10.1 Å². The van der Waals surface area contributed by atoms with Crippen molar-refractivity contribution in [2.24, 2.45) is 0 Å². The molecule has 8 nitrogen and oxygen atoms in total. The van der Waals surface area contributed by atoms with Gasteiger partial charge in [-0.2, -0.15) is 0 Å². The van der Waals surface area contributed by atoms with E-state index in [4.69, 9.17) is 0 Å². The molecule has 0 spiro atoms. The van der Waals surface area contributed by atoms with E-state index < -0.39 is 26.7 Å². The van der Waals surface area contributed by atoms with Gasteiger partial charge in [0.1, 0.15) is 16.2 Å². The van der Waals surface area contributed by atoms with Gasteiger partial charge in [0, 0.05) is 34.1 Å². The Morgan fingerprint density at radius 2 is 1.83 bits per heavy atom. The second-order valence-electron chi connectivity index (χ2n) is 6.24. The summed E-state index contributed by atoms with van der Waals surface area (Å²) in [6, 6.07) is 11.6. The van der Waals surface area contributed by atoms with Crippen molar-refractivity contribution >= 4 is 43.5 Å². The zero-order valence-electron chi connectivity index (χ0n) is 15.7. The first-order valence-corrected chi connectivity index (χ1v) is 10.3. The molecule has 0 bridgehead atoms. The summed E-state index contributed by atoms with van der Waals surface area (Å²) in [5.41, 5.74) is 0.991. The number of fused-ring (bicyclic) bond motifs is 3. The minimum Gasteiger partial charge on any atom is -0.550 e. The predicted molar refractivity (Wildman–Crippen MR) is 109 cm³/mol. The van der Waals surface area contributed by atoms with Crippen molar-refractivity contribution in [2.45, 2.75) is 18.2 Å². The Morgan fingerprint density at radius 3 is 2.50 bits per heavy atom. The van der Waals surface area contributed by atoms with Gasteiger partial charge in [0.05, 0.1) is 0 Å². The van der Waals surface area contributed by atoms with Crippen LogP contribution >= 0.6 is 0 Å². The van der Waals surface area contributed by atoms with Crippen molar-refractivity contribution in [3.8, 4) is 0 Å². The molecule has 10 heteroatoms. The Bertz CT molecular complexity index is 1390. The fraction of sp³-hybridized carbons (Fsp3) is 0.100. The lowest BCUT2D eigenvalue weighted by atomic mass is 10.1. The number of carboxylic acid groups (broad SMARTS) is 1. The first-order chi connectivity index (χ1) is 14.2. The Kier molecular flexibility index (Phi) is 5.88. The number of hydrogen-bond donors (Lipinski definition) is 3. The van der Waals surface area contributed by atoms with Gasteiger partial charge in [0.25, 0.3) is 15.6 Å². The summed E-state index contributed by atoms with van der Waals surface area (Å²) in [6.45, 7) is 1.54. The third kappa shape index (κ3) is 4.33. The lowest BCUT2D eigenvalue weighted by Crippen LogP contribution is -2.19. The van der Waals surface area contributed by atoms with Crippen molar-refractivity contribution in [1.82, 2.24) is 9.97 Å². The molecule has 3 N–H and O–H groups in total. The molecule has 0 atom stereocenters. The molecule has 0 unspecified atom stereocenters. The van der Waals surface area contributed by atoms with E-state index >= 15 is 0 Å². The van der Waals surface area contributed by atoms with Crippen LogP contribution in [0.5, 0.6) is 0 Å². The van der Waals surface area contributed by atoms with E-state index in [1.165, 1.54) is 31.2 Å². The lowest BCUT2D eigenvalue weighted by Gasteiger charge is -2.10. The van der Waals surface area contributed by atoms with Crippen LogP contribution in [-0.2, 0) is 14.8 Å². The largest absolute Gasteiger partial charge is 0.550 e. The second kappa shape index (κ2) is 8.37. The molecule has 4 aromatic rings. The molecule has 0 aliphatic heterocycles. The van der Waals surface area contributed by atoms with Crippen LogP contribution in [0.3, 0.4) is 0 Å². The summed E-state index contributed by atoms with van der Waals surface area (Å²) in [6.07, 6.45) is 1.75. The molecule has 30 heavy (non-hydrogen) atoms. The van der Waals surface area contributed by atoms with Gasteiger partial charge in [-0.25, -0.2) is 12.8 Å². The smallest absolute Gasteiger partial charge is 0.272 e. The summed E-state index contributed by atoms with van der Waals surface area (Å²) < 4.78 is 41.0. The molecule has 0 saturated heterocycles. The quantitative estimate of drug-likeness (QED) is 0.456. The molecule has 156 valence electrons. The van der Waals surface area contributed by atoms with Crippen LogP contribution in [-0.4, -0.2) is 24.4 Å². The minimum absolute atomic E-state index is 0.111. The number of aliphatic carboxylic acids is 1. The third-order valence-electron chi connectivity index (χ3n) is 4.20. The van der Waals surface area contributed by atoms with Gasteiger partial charge in [0.2, 0.25) is 0 Å². The number of nitrogens with one attached hydrogen (secondary N) is 3. The van der Waals surface area contributed by atoms with Gasteiger partial charge >= 0.3 is 0 Å². The van der Waals surface area contributed by atoms with E-state index in [1.807, 2.05) is 0 Å². The monoisotopic (exact) mass is 430 g/mol. The maximum absolute atomic E-state index is 13.8. The summed E-state index contributed by atoms with van der Waals surface area (Å²) in [4.78, 5) is 26.4. The highest BCUT2D eigenvalue weighted by Gasteiger charge is 2.19. The Hall–Kier alpha value is -3.66. The van der Waals surface area contributed by atoms with Crippen molar-refractivity contribution < 1.29 is 22.7 Å². The van der Waals surface area contributed by atoms with Crippen molar-refractivity contribution in [3.63, 3.8) is 0 Å². The van der Waals surface area contributed by atoms with E-state index in [-0.39, 0.29) is 17.7 Å². The number of aromatic nitrogens is 2. The van der Waals surface area contributed by atoms with Crippen molar-refractivity contribution in [3.05, 3.63) is 70.9 Å². The van der Waals surface area contributed by atoms with Gasteiger partial charge in [-0.1, -0.05) is 19.1 Å². The number of carbonyl (C=O) groups excluding carboxylic acids is 1. The van der Waals surface area contributed by atoms with E-state index in [0.717, 1.165) is 6.07 Å². The van der Waals surface area contributed by atoms with Crippen LogP contribution in [0.1, 0.15) is 13.3 Å². The minimum atomic E-state index is -4.07. The molecule has 0 aliphatic rings. The predicted octanol–water partition coefficient (Wildman–Crippen LogP) is 2.10. The standard InChI is InChI=1S/C17H12FN3O3S.C3H6O2/c18-13-3-1-2-4-15(13)25(23,24)21-10-5-6-14-12(9-10)11-7-8-19-16(11)17(22)20-14;1-2-3(4)5/h1-9,19,21H,(H,20,22);2H2,1H3,(H,4,5)/p-1. The zero-order chi connectivity index (χ0) is 21.9.